The second-order valence-corrected chi connectivity index (χ2v) is 6.02. The number of carbonyl (C=O) groups excluding carboxylic acids is 1. The summed E-state index contributed by atoms with van der Waals surface area (Å²) in [5, 5.41) is 0. The normalized spacial score (nSPS) is 19.3. The molecule has 0 N–H and O–H groups in total. The van der Waals surface area contributed by atoms with E-state index in [2.05, 4.69) is 34.7 Å². The molecule has 4 rings (SSSR count). The van der Waals surface area contributed by atoms with E-state index in [0.717, 1.165) is 25.3 Å². The van der Waals surface area contributed by atoms with Crippen molar-refractivity contribution in [2.45, 2.75) is 19.1 Å². The Morgan fingerprint density at radius 1 is 1.13 bits per heavy atom. The van der Waals surface area contributed by atoms with Gasteiger partial charge >= 0.3 is 5.97 Å². The Labute approximate surface area is 135 Å². The van der Waals surface area contributed by atoms with E-state index in [0.29, 0.717) is 5.56 Å². The summed E-state index contributed by atoms with van der Waals surface area (Å²) in [5.41, 5.74) is 3.11. The Hall–Kier alpha value is -2.62. The molecule has 0 aliphatic carbocycles. The fourth-order valence-corrected chi connectivity index (χ4v) is 3.49. The smallest absolute Gasteiger partial charge is 0.339 e. The van der Waals surface area contributed by atoms with Crippen LogP contribution in [0.1, 0.15) is 22.3 Å². The molecule has 0 amide bonds. The maximum absolute atomic E-state index is 12.4. The maximum Gasteiger partial charge on any atom is 0.339 e. The summed E-state index contributed by atoms with van der Waals surface area (Å²) in [7, 11) is 2.05. The molecular weight excluding hydrogens is 288 g/mol. The molecular formula is C19H19N2O2+. The summed E-state index contributed by atoms with van der Waals surface area (Å²) in [6.07, 6.45) is 0.660. The van der Waals surface area contributed by atoms with Gasteiger partial charge in [-0.3, -0.25) is 4.58 Å². The number of ether oxygens (including phenoxy) is 1. The highest BCUT2D eigenvalue weighted by Crippen LogP contribution is 2.29. The first-order valence-electron chi connectivity index (χ1n) is 7.93. The summed E-state index contributed by atoms with van der Waals surface area (Å²) in [6.45, 7) is 1.80. The molecule has 2 aliphatic rings. The van der Waals surface area contributed by atoms with Crippen LogP contribution in [0.5, 0.6) is 0 Å². The second kappa shape index (κ2) is 5.54. The molecule has 2 heterocycles. The van der Waals surface area contributed by atoms with E-state index in [4.69, 9.17) is 4.74 Å². The van der Waals surface area contributed by atoms with E-state index in [9.17, 15) is 4.79 Å². The fourth-order valence-electron chi connectivity index (χ4n) is 3.49. The van der Waals surface area contributed by atoms with Crippen LogP contribution in [-0.2, 0) is 11.3 Å². The highest BCUT2D eigenvalue weighted by molar-refractivity contribution is 6.01. The lowest BCUT2D eigenvalue weighted by Crippen LogP contribution is -2.43. The summed E-state index contributed by atoms with van der Waals surface area (Å²) >= 11 is 0. The van der Waals surface area contributed by atoms with Crippen molar-refractivity contribution in [1.29, 1.82) is 0 Å². The number of para-hydroxylation sites is 1. The van der Waals surface area contributed by atoms with Gasteiger partial charge in [-0.2, -0.15) is 0 Å². The third-order valence-electron chi connectivity index (χ3n) is 4.59. The predicted molar refractivity (Wildman–Crippen MR) is 88.9 cm³/mol. The van der Waals surface area contributed by atoms with E-state index in [-0.39, 0.29) is 12.1 Å². The first-order chi connectivity index (χ1) is 11.2. The van der Waals surface area contributed by atoms with Crippen LogP contribution in [0.2, 0.25) is 0 Å². The van der Waals surface area contributed by atoms with Crippen LogP contribution in [-0.4, -0.2) is 36.1 Å². The van der Waals surface area contributed by atoms with E-state index in [1.54, 1.807) is 12.1 Å². The van der Waals surface area contributed by atoms with Crippen molar-refractivity contribution < 1.29 is 14.1 Å². The minimum Gasteiger partial charge on any atom is -0.446 e. The number of benzene rings is 2. The van der Waals surface area contributed by atoms with Crippen LogP contribution in [0.15, 0.2) is 54.6 Å². The summed E-state index contributed by atoms with van der Waals surface area (Å²) in [6, 6.07) is 17.6. The van der Waals surface area contributed by atoms with Gasteiger partial charge in [-0.1, -0.05) is 36.4 Å². The minimum absolute atomic E-state index is 0.180. The van der Waals surface area contributed by atoms with E-state index in [1.807, 2.05) is 24.3 Å². The topological polar surface area (TPSA) is 32.5 Å². The third kappa shape index (κ3) is 2.40. The number of anilines is 1. The summed E-state index contributed by atoms with van der Waals surface area (Å²) in [4.78, 5) is 14.5. The minimum atomic E-state index is -0.253. The predicted octanol–water partition coefficient (Wildman–Crippen LogP) is 2.68. The average Bonchev–Trinajstić information content (AvgIpc) is 2.99. The Kier molecular flexibility index (Phi) is 3.37. The maximum atomic E-state index is 12.4. The van der Waals surface area contributed by atoms with Crippen LogP contribution >= 0.6 is 0 Å². The van der Waals surface area contributed by atoms with Gasteiger partial charge in [0.05, 0.1) is 19.2 Å². The number of esters is 1. The second-order valence-electron chi connectivity index (χ2n) is 6.02. The van der Waals surface area contributed by atoms with Crippen molar-refractivity contribution in [1.82, 2.24) is 0 Å². The first kappa shape index (κ1) is 14.0. The van der Waals surface area contributed by atoms with Crippen molar-refractivity contribution in [3.05, 3.63) is 65.7 Å². The summed E-state index contributed by atoms with van der Waals surface area (Å²) < 4.78 is 8.10. The Morgan fingerprint density at radius 3 is 2.70 bits per heavy atom. The highest BCUT2D eigenvalue weighted by atomic mass is 16.5. The van der Waals surface area contributed by atoms with Gasteiger partial charge in [0, 0.05) is 12.0 Å². The lowest BCUT2D eigenvalue weighted by atomic mass is 10.1. The lowest BCUT2D eigenvalue weighted by Gasteiger charge is -2.24. The van der Waals surface area contributed by atoms with Gasteiger partial charge in [-0.15, -0.1) is 0 Å². The zero-order valence-corrected chi connectivity index (χ0v) is 13.1. The van der Waals surface area contributed by atoms with E-state index < -0.39 is 0 Å². The average molecular weight is 307 g/mol. The molecule has 4 nitrogen and oxygen atoms in total. The molecule has 0 aromatic heterocycles. The lowest BCUT2D eigenvalue weighted by molar-refractivity contribution is -0.538. The Balaban J connectivity index is 1.59. The fraction of sp³-hybridized carbons (Fsp3) is 0.263. The quantitative estimate of drug-likeness (QED) is 0.632. The highest BCUT2D eigenvalue weighted by Gasteiger charge is 2.42. The number of hydrogen-bond donors (Lipinski definition) is 0. The molecule has 0 bridgehead atoms. The first-order valence-corrected chi connectivity index (χ1v) is 7.93. The molecule has 1 atom stereocenters. The molecule has 0 saturated carbocycles. The Morgan fingerprint density at radius 2 is 1.87 bits per heavy atom. The van der Waals surface area contributed by atoms with Crippen LogP contribution in [0.25, 0.3) is 0 Å². The number of likely N-dealkylation sites (N-methyl/N-ethyl adjacent to an activating group) is 1. The zero-order valence-electron chi connectivity index (χ0n) is 13.1. The molecule has 2 aromatic rings. The molecule has 2 aromatic carbocycles. The molecule has 0 radical (unpaired) electrons. The van der Waals surface area contributed by atoms with Crippen molar-refractivity contribution in [2.75, 3.05) is 18.5 Å². The molecule has 0 fully saturated rings. The van der Waals surface area contributed by atoms with E-state index in [1.165, 1.54) is 11.3 Å². The standard InChI is InChI=1S/C19H19N2O2/c1-20-16-10-6-5-9-15(16)13-21-12-11-17(18(20)21)23-19(22)14-7-3-2-4-8-14/h2-10,17H,11-13H2,1H3/q+1. The summed E-state index contributed by atoms with van der Waals surface area (Å²) in [5.74, 6) is 0.838. The van der Waals surface area contributed by atoms with Gasteiger partial charge in [-0.05, 0) is 18.2 Å². The number of rotatable bonds is 2. The number of amidine groups is 1. The number of hydrogen-bond acceptors (Lipinski definition) is 3. The van der Waals surface area contributed by atoms with Crippen molar-refractivity contribution in [3.8, 4) is 0 Å². The monoisotopic (exact) mass is 307 g/mol. The SMILES string of the molecule is CN1C2=[N+](CCC2OC(=O)c2ccccc2)Cc2ccccc21. The molecule has 23 heavy (non-hydrogen) atoms. The zero-order chi connectivity index (χ0) is 15.8. The number of nitrogens with zero attached hydrogens (tertiary/aromatic N) is 2. The van der Waals surface area contributed by atoms with Gasteiger partial charge in [0.25, 0.3) is 5.84 Å². The van der Waals surface area contributed by atoms with E-state index >= 15 is 0 Å². The molecule has 4 heteroatoms. The van der Waals surface area contributed by atoms with Crippen LogP contribution < -0.4 is 4.90 Å². The van der Waals surface area contributed by atoms with Gasteiger partial charge in [0.2, 0.25) is 6.10 Å². The molecule has 0 saturated heterocycles. The van der Waals surface area contributed by atoms with Gasteiger partial charge in [0.1, 0.15) is 12.2 Å². The van der Waals surface area contributed by atoms with Crippen molar-refractivity contribution in [2.24, 2.45) is 0 Å². The van der Waals surface area contributed by atoms with Gasteiger partial charge in [-0.25, -0.2) is 9.69 Å². The molecule has 1 unspecified atom stereocenters. The van der Waals surface area contributed by atoms with Gasteiger partial charge < -0.3 is 4.74 Å². The largest absolute Gasteiger partial charge is 0.446 e. The number of fused-ring (bicyclic) bond motifs is 1. The third-order valence-corrected chi connectivity index (χ3v) is 4.59. The van der Waals surface area contributed by atoms with Crippen molar-refractivity contribution in [3.63, 3.8) is 0 Å². The molecule has 116 valence electrons. The van der Waals surface area contributed by atoms with Crippen LogP contribution in [0, 0.1) is 0 Å². The van der Waals surface area contributed by atoms with Crippen LogP contribution in [0.3, 0.4) is 0 Å². The van der Waals surface area contributed by atoms with Crippen LogP contribution in [0.4, 0.5) is 5.69 Å². The molecule has 2 aliphatic heterocycles. The van der Waals surface area contributed by atoms with Gasteiger partial charge in [0.15, 0.2) is 0 Å². The van der Waals surface area contributed by atoms with Crippen molar-refractivity contribution >= 4 is 17.5 Å². The Bertz CT molecular complexity index is 783. The molecule has 0 spiro atoms. The number of carbonyl (C=O) groups is 1.